The van der Waals surface area contributed by atoms with Crippen LogP contribution < -0.4 is 0 Å². The zero-order chi connectivity index (χ0) is 34.9. The van der Waals surface area contributed by atoms with E-state index in [1.165, 1.54) is 82.0 Å². The van der Waals surface area contributed by atoms with Crippen LogP contribution in [-0.2, 0) is 0 Å². The molecule has 11 rings (SSSR count). The zero-order valence-electron chi connectivity index (χ0n) is 28.9. The van der Waals surface area contributed by atoms with Crippen molar-refractivity contribution in [1.82, 2.24) is 0 Å². The SMILES string of the molecule is c1cc(-c2ccc(-c3c4ccccc4c(-c4ccc5c(c4)oc4ccccc45)c4ccccc34)cc2)cc(-c2cc3ccccc3c3ccccc23)c1. The lowest BCUT2D eigenvalue weighted by atomic mass is 9.85. The summed E-state index contributed by atoms with van der Waals surface area (Å²) in [5.74, 6) is 0. The number of benzene rings is 10. The van der Waals surface area contributed by atoms with Gasteiger partial charge in [-0.15, -0.1) is 0 Å². The molecule has 0 amide bonds. The fourth-order valence-electron chi connectivity index (χ4n) is 8.62. The van der Waals surface area contributed by atoms with Gasteiger partial charge < -0.3 is 4.42 Å². The van der Waals surface area contributed by atoms with Crippen LogP contribution in [0.1, 0.15) is 0 Å². The zero-order valence-corrected chi connectivity index (χ0v) is 28.9. The van der Waals surface area contributed by atoms with Crippen molar-refractivity contribution in [2.45, 2.75) is 0 Å². The second kappa shape index (κ2) is 11.8. The number of hydrogen-bond donors (Lipinski definition) is 0. The van der Waals surface area contributed by atoms with Crippen molar-refractivity contribution in [3.63, 3.8) is 0 Å². The Bertz CT molecular complexity index is 3160. The number of fused-ring (bicyclic) bond motifs is 8. The summed E-state index contributed by atoms with van der Waals surface area (Å²) >= 11 is 0. The lowest BCUT2D eigenvalue weighted by Crippen LogP contribution is -1.91. The average Bonchev–Trinajstić information content (AvgIpc) is 3.60. The molecule has 1 heterocycles. The number of rotatable bonds is 4. The molecule has 53 heavy (non-hydrogen) atoms. The summed E-state index contributed by atoms with van der Waals surface area (Å²) in [4.78, 5) is 0. The molecule has 246 valence electrons. The monoisotopic (exact) mass is 672 g/mol. The van der Waals surface area contributed by atoms with Crippen LogP contribution in [-0.4, -0.2) is 0 Å². The van der Waals surface area contributed by atoms with Crippen LogP contribution in [0.2, 0.25) is 0 Å². The predicted octanol–water partition coefficient (Wildman–Crippen LogP) is 14.9. The van der Waals surface area contributed by atoms with Gasteiger partial charge in [-0.1, -0.05) is 164 Å². The number of furan rings is 1. The maximum absolute atomic E-state index is 6.35. The molecule has 0 aliphatic carbocycles. The topological polar surface area (TPSA) is 13.1 Å². The van der Waals surface area contributed by atoms with Gasteiger partial charge in [-0.25, -0.2) is 0 Å². The van der Waals surface area contributed by atoms with Gasteiger partial charge in [0.05, 0.1) is 0 Å². The average molecular weight is 673 g/mol. The third kappa shape index (κ3) is 4.71. The molecule has 0 radical (unpaired) electrons. The first kappa shape index (κ1) is 29.7. The molecule has 11 aromatic rings. The summed E-state index contributed by atoms with van der Waals surface area (Å²) in [7, 11) is 0. The molecule has 0 atom stereocenters. The van der Waals surface area contributed by atoms with Gasteiger partial charge in [-0.2, -0.15) is 0 Å². The molecule has 0 saturated heterocycles. The van der Waals surface area contributed by atoms with E-state index in [-0.39, 0.29) is 0 Å². The van der Waals surface area contributed by atoms with Crippen LogP contribution in [0.25, 0.3) is 110 Å². The summed E-state index contributed by atoms with van der Waals surface area (Å²) < 4.78 is 6.35. The van der Waals surface area contributed by atoms with Crippen molar-refractivity contribution in [2.24, 2.45) is 0 Å². The van der Waals surface area contributed by atoms with Gasteiger partial charge in [0.1, 0.15) is 11.2 Å². The lowest BCUT2D eigenvalue weighted by molar-refractivity contribution is 0.669. The maximum atomic E-state index is 6.35. The van der Waals surface area contributed by atoms with Gasteiger partial charge in [0.15, 0.2) is 0 Å². The summed E-state index contributed by atoms with van der Waals surface area (Å²) in [6.07, 6.45) is 0. The van der Waals surface area contributed by atoms with Gasteiger partial charge in [-0.05, 0) is 118 Å². The minimum Gasteiger partial charge on any atom is -0.456 e. The molecule has 1 heteroatoms. The molecular weight excluding hydrogens is 641 g/mol. The Morgan fingerprint density at radius 3 is 1.47 bits per heavy atom. The molecular formula is C52H32O. The van der Waals surface area contributed by atoms with Crippen molar-refractivity contribution < 1.29 is 4.42 Å². The van der Waals surface area contributed by atoms with Gasteiger partial charge in [0, 0.05) is 10.8 Å². The van der Waals surface area contributed by atoms with E-state index in [0.717, 1.165) is 27.5 Å². The second-order valence-corrected chi connectivity index (χ2v) is 14.0. The normalized spacial score (nSPS) is 11.8. The van der Waals surface area contributed by atoms with Gasteiger partial charge in [0.25, 0.3) is 0 Å². The lowest BCUT2D eigenvalue weighted by Gasteiger charge is -2.18. The molecule has 10 aromatic carbocycles. The molecule has 0 fully saturated rings. The molecule has 0 saturated carbocycles. The van der Waals surface area contributed by atoms with Crippen LogP contribution in [0.3, 0.4) is 0 Å². The van der Waals surface area contributed by atoms with Gasteiger partial charge in [-0.3, -0.25) is 0 Å². The van der Waals surface area contributed by atoms with E-state index in [0.29, 0.717) is 0 Å². The Balaban J connectivity index is 1.04. The Morgan fingerprint density at radius 1 is 0.245 bits per heavy atom. The number of hydrogen-bond acceptors (Lipinski definition) is 1. The highest BCUT2D eigenvalue weighted by molar-refractivity contribution is 6.22. The Hall–Kier alpha value is -6.96. The van der Waals surface area contributed by atoms with Crippen molar-refractivity contribution in [2.75, 3.05) is 0 Å². The molecule has 0 aliphatic rings. The Labute approximate surface area is 307 Å². The van der Waals surface area contributed by atoms with Crippen LogP contribution >= 0.6 is 0 Å². The van der Waals surface area contributed by atoms with Crippen molar-refractivity contribution in [3.8, 4) is 44.5 Å². The molecule has 0 aliphatic heterocycles. The van der Waals surface area contributed by atoms with E-state index in [1.54, 1.807) is 0 Å². The fraction of sp³-hybridized carbons (Fsp3) is 0. The summed E-state index contributed by atoms with van der Waals surface area (Å²) in [5, 5.41) is 12.4. The van der Waals surface area contributed by atoms with Crippen LogP contribution in [0, 0.1) is 0 Å². The van der Waals surface area contributed by atoms with Crippen molar-refractivity contribution in [3.05, 3.63) is 194 Å². The van der Waals surface area contributed by atoms with Crippen LogP contribution in [0.5, 0.6) is 0 Å². The Kier molecular flexibility index (Phi) is 6.62. The second-order valence-electron chi connectivity index (χ2n) is 14.0. The molecule has 0 N–H and O–H groups in total. The van der Waals surface area contributed by atoms with E-state index >= 15 is 0 Å². The minimum atomic E-state index is 0.911. The third-order valence-electron chi connectivity index (χ3n) is 11.0. The Morgan fingerprint density at radius 2 is 0.755 bits per heavy atom. The largest absolute Gasteiger partial charge is 0.456 e. The molecule has 1 nitrogen and oxygen atoms in total. The fourth-order valence-corrected chi connectivity index (χ4v) is 8.62. The van der Waals surface area contributed by atoms with Crippen molar-refractivity contribution >= 4 is 65.0 Å². The highest BCUT2D eigenvalue weighted by Gasteiger charge is 2.18. The standard InChI is InChI=1S/C52H32O/c1-2-15-39-37(12-1)31-48(41-17-4-3-16-40(39)41)36-14-11-13-35(30-36)33-24-26-34(27-25-33)51-44-19-5-7-21-46(44)52(47-22-8-6-20-45(47)51)38-28-29-43-42-18-9-10-23-49(42)53-50(43)32-38/h1-32H. The quantitative estimate of drug-likeness (QED) is 0.134. The summed E-state index contributed by atoms with van der Waals surface area (Å²) in [5.41, 5.74) is 11.6. The van der Waals surface area contributed by atoms with E-state index in [2.05, 4.69) is 182 Å². The molecule has 0 bridgehead atoms. The maximum Gasteiger partial charge on any atom is 0.136 e. The smallest absolute Gasteiger partial charge is 0.136 e. The van der Waals surface area contributed by atoms with E-state index < -0.39 is 0 Å². The molecule has 1 aromatic heterocycles. The highest BCUT2D eigenvalue weighted by Crippen LogP contribution is 2.45. The first-order valence-corrected chi connectivity index (χ1v) is 18.3. The highest BCUT2D eigenvalue weighted by atomic mass is 16.3. The molecule has 0 spiro atoms. The van der Waals surface area contributed by atoms with E-state index in [4.69, 9.17) is 4.42 Å². The summed E-state index contributed by atoms with van der Waals surface area (Å²) in [6.45, 7) is 0. The van der Waals surface area contributed by atoms with E-state index in [1.807, 2.05) is 12.1 Å². The van der Waals surface area contributed by atoms with E-state index in [9.17, 15) is 0 Å². The van der Waals surface area contributed by atoms with Crippen LogP contribution in [0.4, 0.5) is 0 Å². The first-order chi connectivity index (χ1) is 26.3. The summed E-state index contributed by atoms with van der Waals surface area (Å²) in [6, 6.07) is 70.6. The predicted molar refractivity (Wildman–Crippen MR) is 225 cm³/mol. The van der Waals surface area contributed by atoms with Gasteiger partial charge >= 0.3 is 0 Å². The van der Waals surface area contributed by atoms with Gasteiger partial charge in [0.2, 0.25) is 0 Å². The minimum absolute atomic E-state index is 0.911. The van der Waals surface area contributed by atoms with Crippen molar-refractivity contribution in [1.29, 1.82) is 0 Å². The van der Waals surface area contributed by atoms with Crippen LogP contribution in [0.15, 0.2) is 199 Å². The first-order valence-electron chi connectivity index (χ1n) is 18.3. The molecule has 0 unspecified atom stereocenters. The number of para-hydroxylation sites is 1. The third-order valence-corrected chi connectivity index (χ3v) is 11.0.